The Kier molecular flexibility index (Phi) is 4.75. The molecule has 0 radical (unpaired) electrons. The predicted molar refractivity (Wildman–Crippen MR) is 99.6 cm³/mol. The van der Waals surface area contributed by atoms with Gasteiger partial charge in [-0.3, -0.25) is 4.90 Å². The van der Waals surface area contributed by atoms with Crippen molar-refractivity contribution < 1.29 is 5.11 Å². The molecule has 0 spiro atoms. The first-order chi connectivity index (χ1) is 12.9. The van der Waals surface area contributed by atoms with E-state index in [1.165, 1.54) is 6.07 Å². The summed E-state index contributed by atoms with van der Waals surface area (Å²) in [5.74, 6) is -1.68. The Morgan fingerprint density at radius 1 is 1.26 bits per heavy atom. The Labute approximate surface area is 159 Å². The highest BCUT2D eigenvalue weighted by molar-refractivity contribution is 6.00. The minimum atomic E-state index is -1.74. The molecule has 1 aliphatic heterocycles. The second kappa shape index (κ2) is 6.88. The summed E-state index contributed by atoms with van der Waals surface area (Å²) >= 11 is 0. The van der Waals surface area contributed by atoms with Crippen LogP contribution in [0.15, 0.2) is 35.9 Å². The molecule has 1 aromatic rings. The Morgan fingerprint density at radius 3 is 2.52 bits per heavy atom. The normalized spacial score (nSPS) is 27.0. The molecule has 27 heavy (non-hydrogen) atoms. The smallest absolute Gasteiger partial charge is 0.189 e. The van der Waals surface area contributed by atoms with Crippen molar-refractivity contribution >= 4 is 5.71 Å². The third kappa shape index (κ3) is 2.78. The highest BCUT2D eigenvalue weighted by Gasteiger charge is 2.57. The van der Waals surface area contributed by atoms with E-state index in [2.05, 4.69) is 37.0 Å². The topological polar surface area (TPSA) is 119 Å². The maximum absolute atomic E-state index is 9.97. The van der Waals surface area contributed by atoms with E-state index in [0.717, 1.165) is 5.57 Å². The number of fused-ring (bicyclic) bond motifs is 1. The van der Waals surface area contributed by atoms with Crippen LogP contribution in [0.1, 0.15) is 25.3 Å². The Bertz CT molecular complexity index is 913. The maximum atomic E-state index is 9.97. The molecule has 1 unspecified atom stereocenters. The molecule has 0 aromatic heterocycles. The van der Waals surface area contributed by atoms with E-state index < -0.39 is 17.3 Å². The molecule has 6 heteroatoms. The molecule has 0 amide bonds. The number of nitriles is 3. The molecule has 1 saturated carbocycles. The fourth-order valence-corrected chi connectivity index (χ4v) is 4.35. The zero-order chi connectivity index (χ0) is 19.8. The standard InChI is InChI=1S/C21H21N5O/c1-13(2)26-7-6-16-17(9-22)20(25)21(11-23,12-24)19(18(16)10-26)14-4-3-5-15(27)8-14/h3-6,8,13,17-19,25,27H,7,10H2,1-2H3/t17?,18-,19+/m0/s1. The number of phenols is 1. The van der Waals surface area contributed by atoms with Gasteiger partial charge in [0, 0.05) is 31.0 Å². The van der Waals surface area contributed by atoms with Crippen LogP contribution in [0.5, 0.6) is 5.75 Å². The van der Waals surface area contributed by atoms with Gasteiger partial charge in [-0.25, -0.2) is 0 Å². The molecule has 6 nitrogen and oxygen atoms in total. The summed E-state index contributed by atoms with van der Waals surface area (Å²) in [6, 6.07) is 13.1. The van der Waals surface area contributed by atoms with Gasteiger partial charge in [0.2, 0.25) is 0 Å². The predicted octanol–water partition coefficient (Wildman–Crippen LogP) is 2.95. The van der Waals surface area contributed by atoms with Gasteiger partial charge in [0.05, 0.1) is 23.9 Å². The molecule has 3 rings (SSSR count). The maximum Gasteiger partial charge on any atom is 0.189 e. The Balaban J connectivity index is 2.25. The number of nitrogens with one attached hydrogen (secondary N) is 1. The van der Waals surface area contributed by atoms with E-state index in [-0.39, 0.29) is 23.4 Å². The molecule has 0 saturated heterocycles. The summed E-state index contributed by atoms with van der Waals surface area (Å²) in [5.41, 5.74) is -0.450. The van der Waals surface area contributed by atoms with Crippen molar-refractivity contribution in [3.05, 3.63) is 41.5 Å². The summed E-state index contributed by atoms with van der Waals surface area (Å²) in [5, 5.41) is 48.2. The zero-order valence-electron chi connectivity index (χ0n) is 15.3. The van der Waals surface area contributed by atoms with Crippen LogP contribution < -0.4 is 0 Å². The molecule has 1 aromatic carbocycles. The van der Waals surface area contributed by atoms with Gasteiger partial charge >= 0.3 is 0 Å². The lowest BCUT2D eigenvalue weighted by atomic mass is 9.54. The van der Waals surface area contributed by atoms with Gasteiger partial charge in [0.25, 0.3) is 0 Å². The van der Waals surface area contributed by atoms with E-state index >= 15 is 0 Å². The average molecular weight is 359 g/mol. The van der Waals surface area contributed by atoms with Crippen LogP contribution in [0.3, 0.4) is 0 Å². The van der Waals surface area contributed by atoms with Crippen molar-refractivity contribution in [1.29, 1.82) is 21.2 Å². The van der Waals surface area contributed by atoms with E-state index in [4.69, 9.17) is 5.41 Å². The SMILES string of the molecule is CC(C)N1CC=C2C(C#N)C(=N)C(C#N)(C#N)[C@H](c3cccc(O)c3)[C@H]2C1. The van der Waals surface area contributed by atoms with Crippen molar-refractivity contribution in [3.63, 3.8) is 0 Å². The van der Waals surface area contributed by atoms with E-state index in [1.807, 2.05) is 6.08 Å². The molecule has 1 heterocycles. The van der Waals surface area contributed by atoms with Gasteiger partial charge < -0.3 is 10.5 Å². The summed E-state index contributed by atoms with van der Waals surface area (Å²) in [6.45, 7) is 5.43. The van der Waals surface area contributed by atoms with Gasteiger partial charge in [-0.15, -0.1) is 0 Å². The molecular formula is C21H21N5O. The first-order valence-electron chi connectivity index (χ1n) is 8.93. The van der Waals surface area contributed by atoms with Crippen LogP contribution >= 0.6 is 0 Å². The van der Waals surface area contributed by atoms with Gasteiger partial charge in [-0.1, -0.05) is 18.2 Å². The summed E-state index contributed by atoms with van der Waals surface area (Å²) in [7, 11) is 0. The van der Waals surface area contributed by atoms with Crippen molar-refractivity contribution in [2.45, 2.75) is 25.8 Å². The van der Waals surface area contributed by atoms with Crippen LogP contribution in [0, 0.1) is 56.7 Å². The fraction of sp³-hybridized carbons (Fsp3) is 0.429. The molecule has 1 fully saturated rings. The fourth-order valence-electron chi connectivity index (χ4n) is 4.35. The first-order valence-corrected chi connectivity index (χ1v) is 8.93. The number of aromatic hydroxyl groups is 1. The van der Waals surface area contributed by atoms with Crippen LogP contribution in [-0.2, 0) is 0 Å². The van der Waals surface area contributed by atoms with Gasteiger partial charge in [0.1, 0.15) is 11.7 Å². The zero-order valence-corrected chi connectivity index (χ0v) is 15.3. The number of phenolic OH excluding ortho intramolecular Hbond substituents is 1. The van der Waals surface area contributed by atoms with Crippen LogP contribution in [0.4, 0.5) is 0 Å². The molecule has 3 atom stereocenters. The van der Waals surface area contributed by atoms with Crippen molar-refractivity contribution in [1.82, 2.24) is 4.90 Å². The number of benzene rings is 1. The van der Waals surface area contributed by atoms with Crippen LogP contribution in [0.2, 0.25) is 0 Å². The lowest BCUT2D eigenvalue weighted by Crippen LogP contribution is -2.53. The molecule has 2 aliphatic rings. The Morgan fingerprint density at radius 2 is 1.96 bits per heavy atom. The van der Waals surface area contributed by atoms with E-state index in [0.29, 0.717) is 18.7 Å². The second-order valence-electron chi connectivity index (χ2n) is 7.44. The van der Waals surface area contributed by atoms with Crippen molar-refractivity contribution in [2.75, 3.05) is 13.1 Å². The number of hydrogen-bond donors (Lipinski definition) is 2. The molecule has 1 aliphatic carbocycles. The Hall–Kier alpha value is -3.14. The monoisotopic (exact) mass is 359 g/mol. The first kappa shape index (κ1) is 18.6. The molecule has 2 N–H and O–H groups in total. The van der Waals surface area contributed by atoms with Crippen molar-refractivity contribution in [3.8, 4) is 24.0 Å². The lowest BCUT2D eigenvalue weighted by molar-refractivity contribution is 0.171. The van der Waals surface area contributed by atoms with Gasteiger partial charge in [-0.05, 0) is 37.1 Å². The summed E-state index contributed by atoms with van der Waals surface area (Å²) in [4.78, 5) is 2.23. The highest BCUT2D eigenvalue weighted by atomic mass is 16.3. The second-order valence-corrected chi connectivity index (χ2v) is 7.44. The third-order valence-electron chi connectivity index (χ3n) is 5.78. The number of rotatable bonds is 2. The number of hydrogen-bond acceptors (Lipinski definition) is 6. The van der Waals surface area contributed by atoms with Gasteiger partial charge in [0.15, 0.2) is 5.41 Å². The third-order valence-corrected chi connectivity index (χ3v) is 5.78. The molecule has 0 bridgehead atoms. The van der Waals surface area contributed by atoms with E-state index in [9.17, 15) is 20.9 Å². The number of nitrogens with zero attached hydrogens (tertiary/aromatic N) is 4. The minimum absolute atomic E-state index is 0.0493. The minimum Gasteiger partial charge on any atom is -0.508 e. The lowest BCUT2D eigenvalue weighted by Gasteiger charge is -2.48. The van der Waals surface area contributed by atoms with Crippen LogP contribution in [0.25, 0.3) is 0 Å². The molecular weight excluding hydrogens is 338 g/mol. The van der Waals surface area contributed by atoms with Crippen LogP contribution in [-0.4, -0.2) is 34.8 Å². The summed E-state index contributed by atoms with van der Waals surface area (Å²) < 4.78 is 0. The average Bonchev–Trinajstić information content (AvgIpc) is 2.66. The van der Waals surface area contributed by atoms with Gasteiger partial charge in [-0.2, -0.15) is 15.8 Å². The molecule has 136 valence electrons. The summed E-state index contributed by atoms with van der Waals surface area (Å²) in [6.07, 6.45) is 1.98. The highest BCUT2D eigenvalue weighted by Crippen LogP contribution is 2.53. The largest absolute Gasteiger partial charge is 0.508 e. The quantitative estimate of drug-likeness (QED) is 0.787. The van der Waals surface area contributed by atoms with Crippen molar-refractivity contribution in [2.24, 2.45) is 17.3 Å². The van der Waals surface area contributed by atoms with E-state index in [1.54, 1.807) is 18.2 Å².